The minimum atomic E-state index is -1.13. The predicted molar refractivity (Wildman–Crippen MR) is 92.8 cm³/mol. The van der Waals surface area contributed by atoms with Gasteiger partial charge in [0.05, 0.1) is 11.8 Å². The molecule has 3 rings (SSSR count). The lowest BCUT2D eigenvalue weighted by molar-refractivity contribution is -0.158. The molecule has 8 heteroatoms. The lowest BCUT2D eigenvalue weighted by Crippen LogP contribution is -2.39. The number of nitrogens with zero attached hydrogens (tertiary/aromatic N) is 1. The van der Waals surface area contributed by atoms with Gasteiger partial charge in [0.15, 0.2) is 6.10 Å². The molecule has 1 saturated heterocycles. The topological polar surface area (TPSA) is 92.8 Å². The molecule has 2 fully saturated rings. The molecule has 1 saturated carbocycles. The van der Waals surface area contributed by atoms with Crippen LogP contribution in [0.3, 0.4) is 0 Å². The van der Waals surface area contributed by atoms with E-state index in [4.69, 9.17) is 4.74 Å². The summed E-state index contributed by atoms with van der Waals surface area (Å²) >= 11 is 0. The number of carbonyl (C=O) groups is 4. The van der Waals surface area contributed by atoms with Crippen molar-refractivity contribution in [2.45, 2.75) is 38.7 Å². The van der Waals surface area contributed by atoms with E-state index in [-0.39, 0.29) is 23.7 Å². The minimum absolute atomic E-state index is 0.329. The molecule has 1 N–H and O–H groups in total. The fraction of sp³-hybridized carbons (Fsp3) is 0.474. The smallest absolute Gasteiger partial charge is 0.326 e. The van der Waals surface area contributed by atoms with Gasteiger partial charge in [-0.25, -0.2) is 4.39 Å². The first-order valence-electron chi connectivity index (χ1n) is 8.98. The summed E-state index contributed by atoms with van der Waals surface area (Å²) in [5, 5.41) is 2.50. The summed E-state index contributed by atoms with van der Waals surface area (Å²) in [6.07, 6.45) is 2.00. The largest absolute Gasteiger partial charge is 0.451 e. The highest BCUT2D eigenvalue weighted by Crippen LogP contribution is 2.37. The first-order chi connectivity index (χ1) is 12.9. The Labute approximate surface area is 155 Å². The number of hydrogen-bond donors (Lipinski definition) is 1. The quantitative estimate of drug-likeness (QED) is 0.626. The van der Waals surface area contributed by atoms with E-state index >= 15 is 0 Å². The second kappa shape index (κ2) is 7.85. The fourth-order valence-corrected chi connectivity index (χ4v) is 3.58. The van der Waals surface area contributed by atoms with Gasteiger partial charge in [0, 0.05) is 5.69 Å². The number of likely N-dealkylation sites (tertiary alicyclic amines) is 1. The number of hydrogen-bond acceptors (Lipinski definition) is 5. The van der Waals surface area contributed by atoms with Crippen molar-refractivity contribution >= 4 is 29.4 Å². The molecule has 0 bridgehead atoms. The Morgan fingerprint density at radius 1 is 1.15 bits per heavy atom. The molecule has 0 radical (unpaired) electrons. The summed E-state index contributed by atoms with van der Waals surface area (Å²) in [4.78, 5) is 49.9. The Morgan fingerprint density at radius 2 is 1.70 bits per heavy atom. The van der Waals surface area contributed by atoms with Gasteiger partial charge in [0.25, 0.3) is 5.91 Å². The van der Waals surface area contributed by atoms with Crippen molar-refractivity contribution in [3.63, 3.8) is 0 Å². The number of carbonyl (C=O) groups excluding carboxylic acids is 4. The summed E-state index contributed by atoms with van der Waals surface area (Å²) in [7, 11) is 0. The zero-order valence-corrected chi connectivity index (χ0v) is 14.9. The van der Waals surface area contributed by atoms with E-state index in [9.17, 15) is 23.6 Å². The highest BCUT2D eigenvalue weighted by Gasteiger charge is 2.48. The van der Waals surface area contributed by atoms with Gasteiger partial charge < -0.3 is 10.1 Å². The maximum atomic E-state index is 12.9. The number of anilines is 1. The number of esters is 1. The van der Waals surface area contributed by atoms with Gasteiger partial charge in [-0.2, -0.15) is 0 Å². The van der Waals surface area contributed by atoms with Crippen LogP contribution in [-0.4, -0.2) is 41.2 Å². The third-order valence-corrected chi connectivity index (χ3v) is 5.01. The number of imide groups is 1. The van der Waals surface area contributed by atoms with Crippen LogP contribution in [-0.2, 0) is 23.9 Å². The Balaban J connectivity index is 1.53. The van der Waals surface area contributed by atoms with Crippen molar-refractivity contribution in [3.05, 3.63) is 30.1 Å². The summed E-state index contributed by atoms with van der Waals surface area (Å²) in [6, 6.07) is 5.14. The van der Waals surface area contributed by atoms with E-state index in [0.717, 1.165) is 17.7 Å². The normalized spacial score (nSPS) is 23.0. The second-order valence-electron chi connectivity index (χ2n) is 6.89. The van der Waals surface area contributed by atoms with Gasteiger partial charge >= 0.3 is 5.97 Å². The van der Waals surface area contributed by atoms with Crippen LogP contribution in [0.25, 0.3) is 0 Å². The molecule has 0 unspecified atom stereocenters. The molecule has 7 nitrogen and oxygen atoms in total. The Hall–Kier alpha value is -2.77. The summed E-state index contributed by atoms with van der Waals surface area (Å²) in [5.74, 6) is -3.18. The van der Waals surface area contributed by atoms with Gasteiger partial charge in [-0.1, -0.05) is 12.8 Å². The average Bonchev–Trinajstić information content (AvgIpc) is 2.89. The Morgan fingerprint density at radius 3 is 2.26 bits per heavy atom. The first-order valence-corrected chi connectivity index (χ1v) is 8.98. The molecule has 1 aliphatic carbocycles. The standard InChI is InChI=1S/C19H21FN2O5/c1-11(17(24)21-13-8-6-12(20)7-9-13)27-16(23)10-22-18(25)14-4-2-3-5-15(14)19(22)26/h6-9,11,14-15H,2-5,10H2,1H3,(H,21,24)/t11-,14+,15+/m1/s1. The molecular formula is C19H21FN2O5. The molecule has 1 aromatic rings. The molecule has 1 heterocycles. The van der Waals surface area contributed by atoms with Crippen molar-refractivity contribution in [1.29, 1.82) is 0 Å². The van der Waals surface area contributed by atoms with Crippen molar-refractivity contribution in [2.24, 2.45) is 11.8 Å². The summed E-state index contributed by atoms with van der Waals surface area (Å²) < 4.78 is 17.9. The molecule has 1 aliphatic heterocycles. The number of nitrogens with one attached hydrogen (secondary N) is 1. The van der Waals surface area contributed by atoms with E-state index in [2.05, 4.69) is 5.32 Å². The highest BCUT2D eigenvalue weighted by molar-refractivity contribution is 6.07. The lowest BCUT2D eigenvalue weighted by atomic mass is 9.81. The summed E-state index contributed by atoms with van der Waals surface area (Å²) in [5.41, 5.74) is 0.360. The molecule has 0 spiro atoms. The maximum absolute atomic E-state index is 12.9. The van der Waals surface area contributed by atoms with Crippen LogP contribution in [0.2, 0.25) is 0 Å². The van der Waals surface area contributed by atoms with Gasteiger partial charge in [0.2, 0.25) is 11.8 Å². The number of amides is 3. The fourth-order valence-electron chi connectivity index (χ4n) is 3.58. The second-order valence-corrected chi connectivity index (χ2v) is 6.89. The molecular weight excluding hydrogens is 355 g/mol. The van der Waals surface area contributed by atoms with E-state index in [0.29, 0.717) is 18.5 Å². The van der Waals surface area contributed by atoms with Crippen LogP contribution in [0.1, 0.15) is 32.6 Å². The number of ether oxygens (including phenoxy) is 1. The minimum Gasteiger partial charge on any atom is -0.451 e. The van der Waals surface area contributed by atoms with E-state index < -0.39 is 30.3 Å². The third kappa shape index (κ3) is 4.15. The Bertz CT molecular complexity index is 740. The number of benzene rings is 1. The van der Waals surface area contributed by atoms with E-state index in [1.165, 1.54) is 31.2 Å². The van der Waals surface area contributed by atoms with Crippen molar-refractivity contribution in [3.8, 4) is 0 Å². The highest BCUT2D eigenvalue weighted by atomic mass is 19.1. The van der Waals surface area contributed by atoms with Crippen LogP contribution < -0.4 is 5.32 Å². The average molecular weight is 376 g/mol. The van der Waals surface area contributed by atoms with Crippen molar-refractivity contribution in [2.75, 3.05) is 11.9 Å². The molecule has 3 atom stereocenters. The van der Waals surface area contributed by atoms with Crippen LogP contribution in [0.5, 0.6) is 0 Å². The zero-order valence-electron chi connectivity index (χ0n) is 14.9. The number of fused-ring (bicyclic) bond motifs is 1. The predicted octanol–water partition coefficient (Wildman–Crippen LogP) is 1.87. The van der Waals surface area contributed by atoms with E-state index in [1.54, 1.807) is 0 Å². The first kappa shape index (κ1) is 19.0. The third-order valence-electron chi connectivity index (χ3n) is 5.01. The molecule has 0 aromatic heterocycles. The number of halogens is 1. The van der Waals surface area contributed by atoms with Gasteiger partial charge in [0.1, 0.15) is 12.4 Å². The SMILES string of the molecule is C[C@@H](OC(=O)CN1C(=O)[C@H]2CCCC[C@@H]2C1=O)C(=O)Nc1ccc(F)cc1. The van der Waals surface area contributed by atoms with E-state index in [1.807, 2.05) is 0 Å². The maximum Gasteiger partial charge on any atom is 0.326 e. The van der Waals surface area contributed by atoms with Gasteiger partial charge in [-0.15, -0.1) is 0 Å². The van der Waals surface area contributed by atoms with Crippen LogP contribution >= 0.6 is 0 Å². The molecule has 3 amide bonds. The molecule has 27 heavy (non-hydrogen) atoms. The zero-order chi connectivity index (χ0) is 19.6. The number of rotatable bonds is 5. The van der Waals surface area contributed by atoms with Gasteiger partial charge in [-0.05, 0) is 44.0 Å². The Kier molecular flexibility index (Phi) is 5.53. The molecule has 1 aromatic carbocycles. The van der Waals surface area contributed by atoms with Crippen LogP contribution in [0.15, 0.2) is 24.3 Å². The van der Waals surface area contributed by atoms with Gasteiger partial charge in [-0.3, -0.25) is 24.1 Å². The lowest BCUT2D eigenvalue weighted by Gasteiger charge is -2.19. The molecule has 2 aliphatic rings. The van der Waals surface area contributed by atoms with Crippen LogP contribution in [0, 0.1) is 17.7 Å². The summed E-state index contributed by atoms with van der Waals surface area (Å²) in [6.45, 7) is 0.892. The molecule has 144 valence electrons. The monoisotopic (exact) mass is 376 g/mol. The van der Waals surface area contributed by atoms with Crippen molar-refractivity contribution < 1.29 is 28.3 Å². The van der Waals surface area contributed by atoms with Crippen molar-refractivity contribution in [1.82, 2.24) is 4.90 Å². The van der Waals surface area contributed by atoms with Crippen LogP contribution in [0.4, 0.5) is 10.1 Å².